The summed E-state index contributed by atoms with van der Waals surface area (Å²) in [5.41, 5.74) is 6.52. The first kappa shape index (κ1) is 23.4. The van der Waals surface area contributed by atoms with E-state index in [0.717, 1.165) is 0 Å². The highest BCUT2D eigenvalue weighted by Gasteiger charge is 2.43. The monoisotopic (exact) mass is 504 g/mol. The molecular formula is C27H21ClN2O6. The predicted octanol–water partition coefficient (Wildman–Crippen LogP) is 4.46. The number of fused-ring (bicyclic) bond motifs is 2. The zero-order valence-corrected chi connectivity index (χ0v) is 20.0. The van der Waals surface area contributed by atoms with Crippen molar-refractivity contribution < 1.29 is 23.5 Å². The molecule has 9 heteroatoms. The number of carbonyl (C=O) groups is 2. The van der Waals surface area contributed by atoms with E-state index >= 15 is 0 Å². The number of nitrogens with zero attached hydrogens (tertiary/aromatic N) is 1. The lowest BCUT2D eigenvalue weighted by Gasteiger charge is -2.25. The molecule has 8 nitrogen and oxygen atoms in total. The van der Waals surface area contributed by atoms with E-state index < -0.39 is 17.9 Å². The van der Waals surface area contributed by atoms with Crippen molar-refractivity contribution in [3.8, 4) is 11.5 Å². The molecule has 0 saturated carbocycles. The van der Waals surface area contributed by atoms with Gasteiger partial charge in [0.1, 0.15) is 17.1 Å². The van der Waals surface area contributed by atoms with Gasteiger partial charge in [0.2, 0.25) is 5.76 Å². The van der Waals surface area contributed by atoms with Crippen LogP contribution in [0.25, 0.3) is 11.0 Å². The van der Waals surface area contributed by atoms with Gasteiger partial charge < -0.3 is 19.6 Å². The largest absolute Gasteiger partial charge is 0.494 e. The van der Waals surface area contributed by atoms with Crippen molar-refractivity contribution in [1.82, 2.24) is 0 Å². The molecule has 1 unspecified atom stereocenters. The molecule has 0 saturated heterocycles. The second kappa shape index (κ2) is 9.39. The lowest BCUT2D eigenvalue weighted by atomic mass is 9.98. The Morgan fingerprint density at radius 2 is 1.67 bits per heavy atom. The van der Waals surface area contributed by atoms with Crippen LogP contribution in [0.2, 0.25) is 5.02 Å². The highest BCUT2D eigenvalue weighted by molar-refractivity contribution is 6.31. The van der Waals surface area contributed by atoms with Crippen LogP contribution in [0.5, 0.6) is 11.5 Å². The third-order valence-corrected chi connectivity index (χ3v) is 6.07. The van der Waals surface area contributed by atoms with Gasteiger partial charge in [-0.25, -0.2) is 0 Å². The van der Waals surface area contributed by atoms with E-state index in [-0.39, 0.29) is 34.3 Å². The van der Waals surface area contributed by atoms with E-state index in [2.05, 4.69) is 0 Å². The van der Waals surface area contributed by atoms with Crippen LogP contribution < -0.4 is 25.5 Å². The van der Waals surface area contributed by atoms with Gasteiger partial charge in [-0.1, -0.05) is 23.7 Å². The molecule has 1 aliphatic rings. The minimum atomic E-state index is -0.768. The maximum absolute atomic E-state index is 13.7. The molecule has 0 spiro atoms. The van der Waals surface area contributed by atoms with Crippen LogP contribution in [-0.4, -0.2) is 25.0 Å². The lowest BCUT2D eigenvalue weighted by molar-refractivity contribution is -0.119. The van der Waals surface area contributed by atoms with Crippen molar-refractivity contribution in [3.05, 3.63) is 98.9 Å². The zero-order chi connectivity index (χ0) is 25.4. The first-order valence-electron chi connectivity index (χ1n) is 11.2. The van der Waals surface area contributed by atoms with Crippen molar-refractivity contribution in [1.29, 1.82) is 0 Å². The number of hydrogen-bond donors (Lipinski definition) is 1. The molecule has 5 rings (SSSR count). The Hall–Kier alpha value is -4.30. The number of benzene rings is 3. The zero-order valence-electron chi connectivity index (χ0n) is 19.2. The van der Waals surface area contributed by atoms with Crippen molar-refractivity contribution >= 4 is 40.1 Å². The standard InChI is InChI=1S/C27H21ClN2O6/c1-2-34-18-10-6-17(7-11-18)30-24(15-3-8-19(9-4-15)35-14-22(29)31)23-25(32)20-13-16(28)5-12-21(20)36-26(23)27(30)33/h3-13,24H,2,14H2,1H3,(H2,29,31). The smallest absolute Gasteiger partial charge is 0.295 e. The first-order chi connectivity index (χ1) is 17.4. The van der Waals surface area contributed by atoms with Crippen LogP contribution in [0.4, 0.5) is 5.69 Å². The van der Waals surface area contributed by atoms with Crippen molar-refractivity contribution in [2.24, 2.45) is 5.73 Å². The number of halogens is 1. The van der Waals surface area contributed by atoms with Gasteiger partial charge in [-0.2, -0.15) is 0 Å². The lowest BCUT2D eigenvalue weighted by Crippen LogP contribution is -2.29. The number of ether oxygens (including phenoxy) is 2. The average Bonchev–Trinajstić information content (AvgIpc) is 3.16. The summed E-state index contributed by atoms with van der Waals surface area (Å²) >= 11 is 6.14. The summed E-state index contributed by atoms with van der Waals surface area (Å²) in [5.74, 6) is 0.0173. The first-order valence-corrected chi connectivity index (χ1v) is 11.6. The summed E-state index contributed by atoms with van der Waals surface area (Å²) in [5, 5.41) is 0.670. The summed E-state index contributed by atoms with van der Waals surface area (Å²) in [6, 6.07) is 17.7. The summed E-state index contributed by atoms with van der Waals surface area (Å²) in [7, 11) is 0. The quantitative estimate of drug-likeness (QED) is 0.397. The molecule has 3 aromatic carbocycles. The molecule has 182 valence electrons. The molecule has 1 atom stereocenters. The van der Waals surface area contributed by atoms with Gasteiger partial charge >= 0.3 is 0 Å². The number of hydrogen-bond acceptors (Lipinski definition) is 6. The molecular weight excluding hydrogens is 484 g/mol. The van der Waals surface area contributed by atoms with Crippen molar-refractivity contribution in [3.63, 3.8) is 0 Å². The Morgan fingerprint density at radius 3 is 2.33 bits per heavy atom. The van der Waals surface area contributed by atoms with E-state index in [1.807, 2.05) is 6.92 Å². The molecule has 0 bridgehead atoms. The third-order valence-electron chi connectivity index (χ3n) is 5.84. The molecule has 1 aliphatic heterocycles. The van der Waals surface area contributed by atoms with E-state index in [0.29, 0.717) is 34.4 Å². The molecule has 4 aromatic rings. The SMILES string of the molecule is CCOc1ccc(N2C(=O)c3oc4ccc(Cl)cc4c(=O)c3C2c2ccc(OCC(N)=O)cc2)cc1. The number of rotatable bonds is 7. The number of carbonyl (C=O) groups excluding carboxylic acids is 2. The second-order valence-electron chi connectivity index (χ2n) is 8.14. The van der Waals surface area contributed by atoms with Gasteiger partial charge in [0, 0.05) is 10.7 Å². The van der Waals surface area contributed by atoms with Crippen molar-refractivity contribution in [2.45, 2.75) is 13.0 Å². The summed E-state index contributed by atoms with van der Waals surface area (Å²) < 4.78 is 16.8. The Balaban J connectivity index is 1.66. The summed E-state index contributed by atoms with van der Waals surface area (Å²) in [6.07, 6.45) is 0. The van der Waals surface area contributed by atoms with Gasteiger partial charge in [-0.05, 0) is 67.1 Å². The van der Waals surface area contributed by atoms with E-state index in [1.54, 1.807) is 60.7 Å². The molecule has 0 fully saturated rings. The highest BCUT2D eigenvalue weighted by Crippen LogP contribution is 2.42. The van der Waals surface area contributed by atoms with Gasteiger partial charge in [0.15, 0.2) is 12.0 Å². The normalized spacial score (nSPS) is 14.7. The van der Waals surface area contributed by atoms with Crippen LogP contribution in [0.15, 0.2) is 75.9 Å². The molecule has 2 amide bonds. The predicted molar refractivity (Wildman–Crippen MR) is 135 cm³/mol. The fraction of sp³-hybridized carbons (Fsp3) is 0.148. The van der Waals surface area contributed by atoms with Gasteiger partial charge in [-0.15, -0.1) is 0 Å². The minimum Gasteiger partial charge on any atom is -0.494 e. The molecule has 36 heavy (non-hydrogen) atoms. The molecule has 0 aliphatic carbocycles. The van der Waals surface area contributed by atoms with Crippen LogP contribution in [-0.2, 0) is 4.79 Å². The number of primary amides is 1. The fourth-order valence-corrected chi connectivity index (χ4v) is 4.47. The number of amides is 2. The van der Waals surface area contributed by atoms with Crippen LogP contribution >= 0.6 is 11.6 Å². The average molecular weight is 505 g/mol. The maximum Gasteiger partial charge on any atom is 0.295 e. The van der Waals surface area contributed by atoms with Crippen LogP contribution in [0.1, 0.15) is 34.6 Å². The Labute approximate surface area is 210 Å². The van der Waals surface area contributed by atoms with Gasteiger partial charge in [-0.3, -0.25) is 19.3 Å². The number of nitrogens with two attached hydrogens (primary N) is 1. The minimum absolute atomic E-state index is 0.0252. The highest BCUT2D eigenvalue weighted by atomic mass is 35.5. The van der Waals surface area contributed by atoms with Crippen LogP contribution in [0.3, 0.4) is 0 Å². The van der Waals surface area contributed by atoms with E-state index in [4.69, 9.17) is 31.2 Å². The van der Waals surface area contributed by atoms with Crippen LogP contribution in [0, 0.1) is 0 Å². The molecule has 2 N–H and O–H groups in total. The van der Waals surface area contributed by atoms with Gasteiger partial charge in [0.25, 0.3) is 11.8 Å². The molecule has 1 aromatic heterocycles. The third kappa shape index (κ3) is 4.16. The Bertz CT molecular complexity index is 1530. The van der Waals surface area contributed by atoms with E-state index in [9.17, 15) is 14.4 Å². The second-order valence-corrected chi connectivity index (χ2v) is 8.58. The topological polar surface area (TPSA) is 112 Å². The maximum atomic E-state index is 13.7. The van der Waals surface area contributed by atoms with E-state index in [1.165, 1.54) is 11.0 Å². The summed E-state index contributed by atoms with van der Waals surface area (Å²) in [4.78, 5) is 39.9. The van der Waals surface area contributed by atoms with Crippen molar-refractivity contribution in [2.75, 3.05) is 18.1 Å². The van der Waals surface area contributed by atoms with Gasteiger partial charge in [0.05, 0.1) is 23.6 Å². The Morgan fingerprint density at radius 1 is 1.00 bits per heavy atom. The molecule has 2 heterocycles. The Kier molecular flexibility index (Phi) is 6.12. The molecule has 0 radical (unpaired) electrons. The fourth-order valence-electron chi connectivity index (χ4n) is 4.30. The summed E-state index contributed by atoms with van der Waals surface area (Å²) in [6.45, 7) is 2.13. The number of anilines is 1.